The maximum Gasteiger partial charge on any atom is 0.275 e. The number of pyridine rings is 1. The van der Waals surface area contributed by atoms with Crippen LogP contribution in [0.2, 0.25) is 0 Å². The van der Waals surface area contributed by atoms with Gasteiger partial charge in [0.1, 0.15) is 11.4 Å². The molecule has 3 aromatic heterocycles. The third kappa shape index (κ3) is 7.03. The molecule has 0 spiro atoms. The number of nitrogens with zero attached hydrogens (tertiary/aromatic N) is 5. The van der Waals surface area contributed by atoms with E-state index >= 15 is 0 Å². The number of hydrogen-bond acceptors (Lipinski definition) is 9. The molecule has 0 bridgehead atoms. The Balaban J connectivity index is 1.52. The third-order valence-corrected chi connectivity index (χ3v) is 5.69. The van der Waals surface area contributed by atoms with Crippen molar-refractivity contribution in [3.8, 4) is 11.6 Å². The summed E-state index contributed by atoms with van der Waals surface area (Å²) >= 11 is 1.64. The number of thioether (sulfide) groups is 1. The molecule has 3 heterocycles. The number of carbonyl (C=O) groups excluding carboxylic acids is 1. The molecule has 0 radical (unpaired) electrons. The Morgan fingerprint density at radius 2 is 1.97 bits per heavy atom. The van der Waals surface area contributed by atoms with E-state index in [1.165, 1.54) is 6.07 Å². The van der Waals surface area contributed by atoms with Crippen molar-refractivity contribution in [1.29, 1.82) is 0 Å². The number of anilines is 2. The fourth-order valence-electron chi connectivity index (χ4n) is 3.29. The van der Waals surface area contributed by atoms with Crippen LogP contribution in [0.3, 0.4) is 0 Å². The van der Waals surface area contributed by atoms with Crippen molar-refractivity contribution >= 4 is 29.4 Å². The number of hydrogen-bond donors (Lipinski definition) is 2. The Bertz CT molecular complexity index is 1280. The normalized spacial score (nSPS) is 11.6. The summed E-state index contributed by atoms with van der Waals surface area (Å²) in [5.41, 5.74) is 0.995. The predicted octanol–water partition coefficient (Wildman–Crippen LogP) is 4.33. The van der Waals surface area contributed by atoms with Crippen LogP contribution >= 0.6 is 11.8 Å². The number of amides is 1. The molecule has 1 atom stereocenters. The summed E-state index contributed by atoms with van der Waals surface area (Å²) in [6.07, 6.45) is 5.51. The minimum absolute atomic E-state index is 0.0793. The van der Waals surface area contributed by atoms with Crippen LogP contribution in [0.4, 0.5) is 11.8 Å². The molecule has 4 aromatic rings. The van der Waals surface area contributed by atoms with Gasteiger partial charge in [-0.05, 0) is 49.6 Å². The first-order valence-corrected chi connectivity index (χ1v) is 12.5. The highest BCUT2D eigenvalue weighted by molar-refractivity contribution is 7.98. The molecule has 1 unspecified atom stereocenters. The first kappa shape index (κ1) is 25.1. The molecule has 11 heteroatoms. The predicted molar refractivity (Wildman–Crippen MR) is 139 cm³/mol. The number of nitrogens with one attached hydrogen (secondary N) is 2. The Labute approximate surface area is 213 Å². The Morgan fingerprint density at radius 3 is 2.69 bits per heavy atom. The number of carbonyl (C=O) groups is 1. The first-order chi connectivity index (χ1) is 17.5. The molecule has 4 rings (SSSR count). The van der Waals surface area contributed by atoms with E-state index in [4.69, 9.17) is 9.47 Å². The molecule has 0 aliphatic carbocycles. The summed E-state index contributed by atoms with van der Waals surface area (Å²) in [6.45, 7) is 2.86. The van der Waals surface area contributed by atoms with Crippen LogP contribution in [0.1, 0.15) is 23.1 Å². The second-order valence-corrected chi connectivity index (χ2v) is 8.75. The minimum atomic E-state index is -0.439. The van der Waals surface area contributed by atoms with E-state index in [9.17, 15) is 4.79 Å². The lowest BCUT2D eigenvalue weighted by Crippen LogP contribution is -2.23. The minimum Gasteiger partial charge on any atom is -0.439 e. The second-order valence-electron chi connectivity index (χ2n) is 7.87. The lowest BCUT2D eigenvalue weighted by Gasteiger charge is -2.14. The van der Waals surface area contributed by atoms with Crippen LogP contribution in [0.15, 0.2) is 71.9 Å². The first-order valence-electron chi connectivity index (χ1n) is 11.2. The van der Waals surface area contributed by atoms with E-state index in [0.717, 1.165) is 10.6 Å². The van der Waals surface area contributed by atoms with Crippen molar-refractivity contribution in [2.24, 2.45) is 0 Å². The molecular formula is C25H27N7O3S. The van der Waals surface area contributed by atoms with Crippen LogP contribution in [0.5, 0.6) is 11.6 Å². The highest BCUT2D eigenvalue weighted by Gasteiger charge is 2.16. The van der Waals surface area contributed by atoms with Gasteiger partial charge in [0.05, 0.1) is 18.8 Å². The van der Waals surface area contributed by atoms with Crippen molar-refractivity contribution in [2.75, 3.05) is 30.6 Å². The summed E-state index contributed by atoms with van der Waals surface area (Å²) in [4.78, 5) is 27.3. The fourth-order valence-corrected chi connectivity index (χ4v) is 3.70. The fraction of sp³-hybridized carbons (Fsp3) is 0.240. The lowest BCUT2D eigenvalue weighted by molar-refractivity contribution is 0.102. The molecule has 1 amide bonds. The zero-order chi connectivity index (χ0) is 25.3. The largest absolute Gasteiger partial charge is 0.439 e. The highest BCUT2D eigenvalue weighted by atomic mass is 32.2. The number of rotatable bonds is 11. The van der Waals surface area contributed by atoms with Crippen LogP contribution in [-0.2, 0) is 11.3 Å². The monoisotopic (exact) mass is 505 g/mol. The van der Waals surface area contributed by atoms with E-state index in [0.29, 0.717) is 24.7 Å². The van der Waals surface area contributed by atoms with Crippen molar-refractivity contribution in [1.82, 2.24) is 24.7 Å². The SMILES string of the molecule is COCC(C)Nc1nc(Oc2ccc(SC)cc2)cc(C(=O)Nc2ccn(Cc3ccccn3)n2)n1. The van der Waals surface area contributed by atoms with Gasteiger partial charge >= 0.3 is 0 Å². The zero-order valence-electron chi connectivity index (χ0n) is 20.2. The Hall–Kier alpha value is -3.96. The van der Waals surface area contributed by atoms with Gasteiger partial charge in [0, 0.05) is 42.6 Å². The van der Waals surface area contributed by atoms with Crippen LogP contribution in [0, 0.1) is 0 Å². The number of benzene rings is 1. The van der Waals surface area contributed by atoms with E-state index in [-0.39, 0.29) is 23.6 Å². The average molecular weight is 506 g/mol. The van der Waals surface area contributed by atoms with Crippen molar-refractivity contribution in [3.63, 3.8) is 0 Å². The Kier molecular flexibility index (Phi) is 8.48. The molecule has 36 heavy (non-hydrogen) atoms. The highest BCUT2D eigenvalue weighted by Crippen LogP contribution is 2.25. The second kappa shape index (κ2) is 12.1. The standard InChI is InChI=1S/C25H27N7O3S/c1-17(16-34-2)27-25-28-21(14-23(30-25)35-19-7-9-20(36-3)10-8-19)24(33)29-22-11-13-32(31-22)15-18-6-4-5-12-26-18/h4-14,17H,15-16H2,1-3H3,(H,27,28,30)(H,29,31,33). The van der Waals surface area contributed by atoms with E-state index in [1.54, 1.807) is 42.0 Å². The molecule has 1 aromatic carbocycles. The molecule has 2 N–H and O–H groups in total. The maximum atomic E-state index is 13.1. The topological polar surface area (TPSA) is 116 Å². The zero-order valence-corrected chi connectivity index (χ0v) is 21.0. The van der Waals surface area contributed by atoms with Gasteiger partial charge in [-0.25, -0.2) is 4.98 Å². The smallest absolute Gasteiger partial charge is 0.275 e. The van der Waals surface area contributed by atoms with Crippen LogP contribution < -0.4 is 15.4 Å². The molecule has 186 valence electrons. The molecular weight excluding hydrogens is 478 g/mol. The number of methoxy groups -OCH3 is 1. The van der Waals surface area contributed by atoms with Gasteiger partial charge in [-0.15, -0.1) is 11.8 Å². The summed E-state index contributed by atoms with van der Waals surface area (Å²) in [5, 5.41) is 10.3. The van der Waals surface area contributed by atoms with Gasteiger partial charge in [-0.1, -0.05) is 6.07 Å². The summed E-state index contributed by atoms with van der Waals surface area (Å²) in [7, 11) is 1.61. The average Bonchev–Trinajstić information content (AvgIpc) is 3.31. The van der Waals surface area contributed by atoms with Crippen LogP contribution in [-0.4, -0.2) is 56.7 Å². The van der Waals surface area contributed by atoms with Gasteiger partial charge in [-0.2, -0.15) is 10.1 Å². The van der Waals surface area contributed by atoms with E-state index in [1.807, 2.05) is 55.6 Å². The molecule has 10 nitrogen and oxygen atoms in total. The quantitative estimate of drug-likeness (QED) is 0.287. The van der Waals surface area contributed by atoms with E-state index in [2.05, 4.69) is 30.7 Å². The molecule has 0 fully saturated rings. The molecule has 0 saturated heterocycles. The molecule has 0 aliphatic rings. The third-order valence-electron chi connectivity index (χ3n) is 4.94. The molecule has 0 aliphatic heterocycles. The summed E-state index contributed by atoms with van der Waals surface area (Å²) in [6, 6.07) is 16.4. The van der Waals surface area contributed by atoms with E-state index < -0.39 is 5.91 Å². The van der Waals surface area contributed by atoms with Gasteiger partial charge in [0.2, 0.25) is 11.8 Å². The lowest BCUT2D eigenvalue weighted by atomic mass is 10.3. The van der Waals surface area contributed by atoms with Gasteiger partial charge in [0.15, 0.2) is 5.82 Å². The van der Waals surface area contributed by atoms with Crippen molar-refractivity contribution in [3.05, 3.63) is 78.4 Å². The van der Waals surface area contributed by atoms with Crippen molar-refractivity contribution < 1.29 is 14.3 Å². The van der Waals surface area contributed by atoms with Gasteiger partial charge in [0.25, 0.3) is 5.91 Å². The van der Waals surface area contributed by atoms with Crippen LogP contribution in [0.25, 0.3) is 0 Å². The summed E-state index contributed by atoms with van der Waals surface area (Å²) in [5.74, 6) is 1.04. The number of aromatic nitrogens is 5. The Morgan fingerprint density at radius 1 is 1.14 bits per heavy atom. The van der Waals surface area contributed by atoms with Crippen molar-refractivity contribution in [2.45, 2.75) is 24.4 Å². The molecule has 0 saturated carbocycles. The summed E-state index contributed by atoms with van der Waals surface area (Å²) < 4.78 is 12.8. The van der Waals surface area contributed by atoms with Gasteiger partial charge < -0.3 is 20.1 Å². The number of ether oxygens (including phenoxy) is 2. The van der Waals surface area contributed by atoms with Gasteiger partial charge in [-0.3, -0.25) is 14.5 Å². The maximum absolute atomic E-state index is 13.1.